The number of piperidine rings is 1. The smallest absolute Gasteiger partial charge is 0.406 e. The van der Waals surface area contributed by atoms with E-state index in [0.717, 1.165) is 18.5 Å². The number of likely N-dealkylation sites (N-methyl/N-ethyl adjacent to an activating group) is 1. The number of anilines is 1. The van der Waals surface area contributed by atoms with Gasteiger partial charge in [-0.05, 0) is 72.6 Å². The zero-order chi connectivity index (χ0) is 24.4. The van der Waals surface area contributed by atoms with Crippen molar-refractivity contribution in [2.45, 2.75) is 44.3 Å². The number of imidazole rings is 1. The molecule has 1 aliphatic heterocycles. The number of aromatic nitrogens is 2. The van der Waals surface area contributed by atoms with Crippen LogP contribution in [0.1, 0.15) is 19.8 Å². The van der Waals surface area contributed by atoms with Crippen LogP contribution in [-0.2, 0) is 6.54 Å². The van der Waals surface area contributed by atoms with Crippen LogP contribution in [0.4, 0.5) is 24.7 Å². The second-order valence-corrected chi connectivity index (χ2v) is 8.76. The molecule has 0 bridgehead atoms. The van der Waals surface area contributed by atoms with E-state index in [9.17, 15) is 28.4 Å². The van der Waals surface area contributed by atoms with Crippen LogP contribution >= 0.6 is 11.6 Å². The topological polar surface area (TPSA) is 96.9 Å². The molecular weight excluding hydrogens is 467 g/mol. The fraction of sp³-hybridized carbons (Fsp3) is 0.550. The molecule has 1 unspecified atom stereocenters. The van der Waals surface area contributed by atoms with Gasteiger partial charge in [-0.25, -0.2) is 0 Å². The number of rotatable bonds is 8. The van der Waals surface area contributed by atoms with Gasteiger partial charge in [0.25, 0.3) is 0 Å². The van der Waals surface area contributed by atoms with Gasteiger partial charge in [-0.1, -0.05) is 0 Å². The van der Waals surface area contributed by atoms with Crippen molar-refractivity contribution in [3.8, 4) is 5.75 Å². The lowest BCUT2D eigenvalue weighted by Crippen LogP contribution is -2.49. The van der Waals surface area contributed by atoms with Gasteiger partial charge in [0.05, 0.1) is 12.1 Å². The van der Waals surface area contributed by atoms with E-state index in [-0.39, 0.29) is 29.4 Å². The van der Waals surface area contributed by atoms with Crippen LogP contribution in [0.2, 0.25) is 5.28 Å². The average molecular weight is 492 g/mol. The van der Waals surface area contributed by atoms with E-state index in [1.807, 2.05) is 11.9 Å². The number of hydrogen-bond acceptors (Lipinski definition) is 7. The van der Waals surface area contributed by atoms with Gasteiger partial charge in [0.2, 0.25) is 0 Å². The predicted molar refractivity (Wildman–Crippen MR) is 116 cm³/mol. The van der Waals surface area contributed by atoms with Crippen molar-refractivity contribution in [1.82, 2.24) is 14.5 Å². The lowest BCUT2D eigenvalue weighted by Gasteiger charge is -2.40. The summed E-state index contributed by atoms with van der Waals surface area (Å²) in [6, 6.07) is 5.98. The molecule has 1 atom stereocenters. The molecule has 0 saturated carbocycles. The minimum atomic E-state index is -4.72. The molecule has 0 radical (unpaired) electrons. The summed E-state index contributed by atoms with van der Waals surface area (Å²) < 4.78 is 42.2. The Labute approximate surface area is 193 Å². The van der Waals surface area contributed by atoms with Crippen LogP contribution in [-0.4, -0.2) is 69.2 Å². The van der Waals surface area contributed by atoms with Crippen molar-refractivity contribution in [1.29, 1.82) is 0 Å². The molecule has 13 heteroatoms. The minimum absolute atomic E-state index is 0.0439. The van der Waals surface area contributed by atoms with Gasteiger partial charge in [0, 0.05) is 31.4 Å². The summed E-state index contributed by atoms with van der Waals surface area (Å²) in [6.07, 6.45) is -1.93. The Hall–Kier alpha value is -2.57. The Balaban J connectivity index is 1.52. The monoisotopic (exact) mass is 491 g/mol. The van der Waals surface area contributed by atoms with Crippen molar-refractivity contribution in [3.63, 3.8) is 0 Å². The summed E-state index contributed by atoms with van der Waals surface area (Å²) in [4.78, 5) is 18.0. The lowest BCUT2D eigenvalue weighted by molar-refractivity contribution is -0.389. The first kappa shape index (κ1) is 25.1. The molecule has 2 aromatic rings. The van der Waals surface area contributed by atoms with Crippen LogP contribution in [0.3, 0.4) is 0 Å². The Morgan fingerprint density at radius 2 is 1.91 bits per heavy atom. The number of nitrogens with zero attached hydrogens (tertiary/aromatic N) is 5. The highest BCUT2D eigenvalue weighted by Gasteiger charge is 2.32. The molecule has 33 heavy (non-hydrogen) atoms. The van der Waals surface area contributed by atoms with Crippen LogP contribution in [0.15, 0.2) is 30.5 Å². The van der Waals surface area contributed by atoms with Crippen molar-refractivity contribution in [3.05, 3.63) is 45.9 Å². The van der Waals surface area contributed by atoms with E-state index in [0.29, 0.717) is 19.6 Å². The molecule has 1 aliphatic rings. The van der Waals surface area contributed by atoms with Crippen LogP contribution in [0.5, 0.6) is 5.75 Å². The number of nitro groups is 1. The summed E-state index contributed by atoms with van der Waals surface area (Å²) in [6.45, 7) is 3.39. The molecule has 0 amide bonds. The SMILES string of the molecule is CN(CC(C)(O)Cn1cc([N+](=O)[O-])nc1Cl)C1CCN(c2ccc(OC(F)(F)F)cc2)CC1. The maximum absolute atomic E-state index is 12.3. The minimum Gasteiger partial charge on any atom is -0.406 e. The Morgan fingerprint density at radius 1 is 1.30 bits per heavy atom. The summed E-state index contributed by atoms with van der Waals surface area (Å²) in [5.41, 5.74) is -0.396. The highest BCUT2D eigenvalue weighted by atomic mass is 35.5. The standard InChI is InChI=1S/C20H25ClF3N5O4/c1-19(30,13-28-11-17(29(31)32)25-18(28)21)12-26(2)14-7-9-27(10-8-14)15-3-5-16(6-4-15)33-20(22,23)24/h3-6,11,14,30H,7-10,12-13H2,1-2H3. The normalized spacial score (nSPS) is 17.3. The van der Waals surface area contributed by atoms with Gasteiger partial charge in [0.1, 0.15) is 11.9 Å². The molecule has 3 rings (SSSR count). The highest BCUT2D eigenvalue weighted by molar-refractivity contribution is 6.28. The fourth-order valence-electron chi connectivity index (χ4n) is 4.09. The first-order valence-corrected chi connectivity index (χ1v) is 10.6. The Morgan fingerprint density at radius 3 is 2.42 bits per heavy atom. The third-order valence-electron chi connectivity index (χ3n) is 5.53. The summed E-state index contributed by atoms with van der Waals surface area (Å²) in [5, 5.41) is 21.7. The first-order valence-electron chi connectivity index (χ1n) is 10.2. The number of ether oxygens (including phenoxy) is 1. The van der Waals surface area contributed by atoms with Gasteiger partial charge in [-0.2, -0.15) is 0 Å². The van der Waals surface area contributed by atoms with E-state index in [4.69, 9.17) is 11.6 Å². The number of hydrogen-bond donors (Lipinski definition) is 1. The number of alkyl halides is 3. The summed E-state index contributed by atoms with van der Waals surface area (Å²) in [5.74, 6) is -0.638. The maximum atomic E-state index is 12.3. The van der Waals surface area contributed by atoms with Gasteiger partial charge in [-0.3, -0.25) is 4.57 Å². The second kappa shape index (κ2) is 9.74. The van der Waals surface area contributed by atoms with Gasteiger partial charge < -0.3 is 29.8 Å². The van der Waals surface area contributed by atoms with E-state index >= 15 is 0 Å². The average Bonchev–Trinajstić information content (AvgIpc) is 3.07. The Kier molecular flexibility index (Phi) is 7.39. The predicted octanol–water partition coefficient (Wildman–Crippen LogP) is 3.70. The molecule has 1 aromatic carbocycles. The molecule has 1 saturated heterocycles. The molecule has 1 fully saturated rings. The second-order valence-electron chi connectivity index (χ2n) is 8.43. The highest BCUT2D eigenvalue weighted by Crippen LogP contribution is 2.28. The summed E-state index contributed by atoms with van der Waals surface area (Å²) >= 11 is 5.95. The van der Waals surface area contributed by atoms with E-state index in [2.05, 4.69) is 14.6 Å². The first-order chi connectivity index (χ1) is 15.3. The van der Waals surface area contributed by atoms with Crippen LogP contribution < -0.4 is 9.64 Å². The van der Waals surface area contributed by atoms with Gasteiger partial charge in [0.15, 0.2) is 0 Å². The van der Waals surface area contributed by atoms with Crippen molar-refractivity contribution in [2.24, 2.45) is 0 Å². The molecule has 9 nitrogen and oxygen atoms in total. The summed E-state index contributed by atoms with van der Waals surface area (Å²) in [7, 11) is 1.90. The largest absolute Gasteiger partial charge is 0.573 e. The Bertz CT molecular complexity index is 960. The van der Waals surface area contributed by atoms with E-state index in [1.165, 1.54) is 22.9 Å². The molecule has 1 aromatic heterocycles. The molecule has 0 aliphatic carbocycles. The number of halogens is 4. The number of benzene rings is 1. The quantitative estimate of drug-likeness (QED) is 0.444. The molecule has 182 valence electrons. The zero-order valence-corrected chi connectivity index (χ0v) is 18.9. The molecule has 1 N–H and O–H groups in total. The number of aliphatic hydroxyl groups is 1. The zero-order valence-electron chi connectivity index (χ0n) is 18.1. The van der Waals surface area contributed by atoms with Crippen LogP contribution in [0.25, 0.3) is 0 Å². The third kappa shape index (κ3) is 6.95. The molecule has 0 spiro atoms. The molecule has 2 heterocycles. The van der Waals surface area contributed by atoms with E-state index < -0.39 is 16.9 Å². The van der Waals surface area contributed by atoms with Crippen LogP contribution in [0, 0.1) is 10.1 Å². The van der Waals surface area contributed by atoms with Gasteiger partial charge in [-0.15, -0.1) is 13.2 Å². The van der Waals surface area contributed by atoms with Gasteiger partial charge >= 0.3 is 17.5 Å². The molecular formula is C20H25ClF3N5O4. The van der Waals surface area contributed by atoms with Crippen molar-refractivity contribution in [2.75, 3.05) is 31.6 Å². The third-order valence-corrected chi connectivity index (χ3v) is 5.83. The maximum Gasteiger partial charge on any atom is 0.573 e. The van der Waals surface area contributed by atoms with E-state index in [1.54, 1.807) is 19.1 Å². The lowest BCUT2D eigenvalue weighted by atomic mass is 9.99. The fourth-order valence-corrected chi connectivity index (χ4v) is 4.28. The van der Waals surface area contributed by atoms with Crippen molar-refractivity contribution >= 4 is 23.1 Å². The van der Waals surface area contributed by atoms with Crippen molar-refractivity contribution < 1.29 is 27.9 Å².